The Morgan fingerprint density at radius 3 is 2.77 bits per heavy atom. The molecule has 3 fully saturated rings. The predicted molar refractivity (Wildman–Crippen MR) is 174 cm³/mol. The number of sulfonamides is 1. The first-order valence-corrected chi connectivity index (χ1v) is 17.6. The third kappa shape index (κ3) is 6.33. The van der Waals surface area contributed by atoms with E-state index in [2.05, 4.69) is 20.8 Å². The Balaban J connectivity index is 1.06. The van der Waals surface area contributed by atoms with Crippen LogP contribution in [0.25, 0.3) is 15.9 Å². The van der Waals surface area contributed by atoms with E-state index in [0.29, 0.717) is 54.3 Å². The molecule has 2 saturated heterocycles. The van der Waals surface area contributed by atoms with Gasteiger partial charge >= 0.3 is 0 Å². The summed E-state index contributed by atoms with van der Waals surface area (Å²) < 4.78 is 59.6. The molecule has 48 heavy (non-hydrogen) atoms. The fraction of sp³-hybridized carbons (Fsp3) is 0.412. The lowest BCUT2D eigenvalue weighted by Gasteiger charge is -2.32. The Kier molecular flexibility index (Phi) is 8.31. The molecule has 1 amide bonds. The molecule has 2 aliphatic heterocycles. The largest absolute Gasteiger partial charge is 0.498 e. The number of ether oxygens (including phenoxy) is 3. The molecule has 2 aromatic carbocycles. The van der Waals surface area contributed by atoms with Gasteiger partial charge in [-0.2, -0.15) is 0 Å². The summed E-state index contributed by atoms with van der Waals surface area (Å²) in [5.41, 5.74) is 2.79. The van der Waals surface area contributed by atoms with Gasteiger partial charge in [0.05, 0.1) is 50.3 Å². The number of piperidine rings is 1. The van der Waals surface area contributed by atoms with Gasteiger partial charge in [-0.25, -0.2) is 32.3 Å². The van der Waals surface area contributed by atoms with Gasteiger partial charge in [-0.3, -0.25) is 9.69 Å². The van der Waals surface area contributed by atoms with Gasteiger partial charge in [0.1, 0.15) is 23.7 Å². The number of fused-ring (bicyclic) bond motifs is 2. The molecule has 3 atom stereocenters. The van der Waals surface area contributed by atoms with Crippen LogP contribution in [0.1, 0.15) is 46.7 Å². The number of rotatable bonds is 11. The van der Waals surface area contributed by atoms with E-state index in [1.165, 1.54) is 6.07 Å². The second kappa shape index (κ2) is 12.5. The molecule has 0 bridgehead atoms. The van der Waals surface area contributed by atoms with Gasteiger partial charge in [-0.05, 0) is 56.0 Å². The highest BCUT2D eigenvalue weighted by Gasteiger charge is 2.58. The van der Waals surface area contributed by atoms with E-state index in [4.69, 9.17) is 25.8 Å². The summed E-state index contributed by atoms with van der Waals surface area (Å²) in [5.74, 6) is 0.610. The summed E-state index contributed by atoms with van der Waals surface area (Å²) in [6.45, 7) is 10.7. The summed E-state index contributed by atoms with van der Waals surface area (Å²) in [4.78, 5) is 27.9. The van der Waals surface area contributed by atoms with Gasteiger partial charge < -0.3 is 18.8 Å². The number of halogens is 1. The van der Waals surface area contributed by atoms with Crippen LogP contribution in [0, 0.1) is 18.3 Å². The number of methoxy groups -OCH3 is 1. The van der Waals surface area contributed by atoms with Crippen molar-refractivity contribution in [1.82, 2.24) is 24.2 Å². The van der Waals surface area contributed by atoms with Crippen molar-refractivity contribution in [2.45, 2.75) is 50.5 Å². The number of nitrogens with zero attached hydrogens (tertiary/aromatic N) is 5. The highest BCUT2D eigenvalue weighted by molar-refractivity contribution is 7.89. The predicted octanol–water partition coefficient (Wildman–Crippen LogP) is 4.35. The number of benzene rings is 2. The standard InChI is InChI=1S/C34H35FN6O6S/c1-36-24-8-7-21(28(15-24)45-2)20-47-31-6-4-5-29(37-31)34-10-11-40(17-23(34)16-34)19-30-38-32-26(35)13-22(33(42)39-48(3,43)44)14-27(32)41(30)18-25-9-12-46-25/h4-8,13-15,23,25H,9-12,16-20H2,2-3H3,(H,39,42)/t23?,25-,34?/m0/s1. The molecule has 14 heteroatoms. The number of amides is 1. The second-order valence-corrected chi connectivity index (χ2v) is 14.5. The monoisotopic (exact) mass is 674 g/mol. The average Bonchev–Trinajstić information content (AvgIpc) is 3.68. The third-order valence-electron chi connectivity index (χ3n) is 9.57. The highest BCUT2D eigenvalue weighted by atomic mass is 32.2. The van der Waals surface area contributed by atoms with Crippen LogP contribution >= 0.6 is 0 Å². The fourth-order valence-electron chi connectivity index (χ4n) is 6.86. The summed E-state index contributed by atoms with van der Waals surface area (Å²) in [6, 6.07) is 13.7. The zero-order valence-electron chi connectivity index (χ0n) is 26.6. The molecule has 2 unspecified atom stereocenters. The number of carbonyl (C=O) groups excluding carboxylic acids is 1. The Labute approximate surface area is 277 Å². The molecule has 250 valence electrons. The van der Waals surface area contributed by atoms with Crippen LogP contribution in [0.2, 0.25) is 0 Å². The van der Waals surface area contributed by atoms with Crippen molar-refractivity contribution in [3.63, 3.8) is 0 Å². The molecule has 4 aromatic rings. The number of nitrogens with one attached hydrogen (secondary N) is 1. The first-order valence-electron chi connectivity index (χ1n) is 15.7. The third-order valence-corrected chi connectivity index (χ3v) is 10.1. The van der Waals surface area contributed by atoms with E-state index in [1.807, 2.05) is 27.5 Å². The maximum atomic E-state index is 15.3. The summed E-state index contributed by atoms with van der Waals surface area (Å²) in [5, 5.41) is 0. The van der Waals surface area contributed by atoms with Crippen molar-refractivity contribution < 1.29 is 31.8 Å². The molecule has 7 rings (SSSR count). The lowest BCUT2D eigenvalue weighted by atomic mass is 9.91. The number of pyridine rings is 1. The lowest BCUT2D eigenvalue weighted by molar-refractivity contribution is -0.0592. The molecule has 0 spiro atoms. The Morgan fingerprint density at radius 2 is 2.06 bits per heavy atom. The van der Waals surface area contributed by atoms with Crippen molar-refractivity contribution in [3.05, 3.63) is 88.4 Å². The van der Waals surface area contributed by atoms with E-state index in [-0.39, 0.29) is 29.2 Å². The number of imidazole rings is 1. The Morgan fingerprint density at radius 1 is 1.23 bits per heavy atom. The molecule has 1 N–H and O–H groups in total. The van der Waals surface area contributed by atoms with Crippen molar-refractivity contribution in [3.8, 4) is 11.6 Å². The number of carbonyl (C=O) groups is 1. The minimum Gasteiger partial charge on any atom is -0.498 e. The van der Waals surface area contributed by atoms with Crippen molar-refractivity contribution in [2.75, 3.05) is 33.1 Å². The lowest BCUT2D eigenvalue weighted by Crippen LogP contribution is -2.37. The summed E-state index contributed by atoms with van der Waals surface area (Å²) in [7, 11) is -2.25. The van der Waals surface area contributed by atoms with E-state index in [0.717, 1.165) is 55.9 Å². The molecule has 1 saturated carbocycles. The van der Waals surface area contributed by atoms with E-state index in [1.54, 1.807) is 19.2 Å². The Hall–Kier alpha value is -4.58. The zero-order valence-corrected chi connectivity index (χ0v) is 27.4. The summed E-state index contributed by atoms with van der Waals surface area (Å²) >= 11 is 0. The number of hydrogen-bond acceptors (Lipinski definition) is 9. The van der Waals surface area contributed by atoms with Crippen molar-refractivity contribution in [1.29, 1.82) is 0 Å². The Bertz CT molecular complexity index is 2060. The van der Waals surface area contributed by atoms with Crippen LogP contribution in [0.3, 0.4) is 0 Å². The molecular formula is C34H35FN6O6S. The van der Waals surface area contributed by atoms with Crippen molar-refractivity contribution in [2.24, 2.45) is 5.92 Å². The normalized spacial score (nSPS) is 22.0. The molecule has 3 aliphatic rings. The molecule has 1 aliphatic carbocycles. The van der Waals surface area contributed by atoms with Crippen LogP contribution in [0.15, 0.2) is 48.5 Å². The van der Waals surface area contributed by atoms with Gasteiger partial charge in [0.2, 0.25) is 15.9 Å². The van der Waals surface area contributed by atoms with Gasteiger partial charge in [0.15, 0.2) is 11.5 Å². The first-order chi connectivity index (χ1) is 23.0. The topological polar surface area (TPSA) is 129 Å². The molecular weight excluding hydrogens is 639 g/mol. The number of aromatic nitrogens is 3. The van der Waals surface area contributed by atoms with Crippen LogP contribution in [0.5, 0.6) is 11.6 Å². The minimum absolute atomic E-state index is 0.0290. The average molecular weight is 675 g/mol. The van der Waals surface area contributed by atoms with E-state index in [9.17, 15) is 13.2 Å². The minimum atomic E-state index is -3.82. The fourth-order valence-corrected chi connectivity index (χ4v) is 7.32. The SMILES string of the molecule is [C-]#[N+]c1ccc(COc2cccc(C34CCN(Cc5nc6c(F)cc(C(=O)NS(C)(=O)=O)cc6n5C[C@@H]5CCO5)CC3C4)n2)c(OC)c1. The number of hydrogen-bond donors (Lipinski definition) is 1. The van der Waals surface area contributed by atoms with Crippen LogP contribution in [-0.4, -0.2) is 72.9 Å². The molecule has 4 heterocycles. The van der Waals surface area contributed by atoms with Crippen LogP contribution < -0.4 is 14.2 Å². The maximum Gasteiger partial charge on any atom is 0.264 e. The van der Waals surface area contributed by atoms with Gasteiger partial charge in [-0.1, -0.05) is 18.2 Å². The molecule has 2 aromatic heterocycles. The molecule has 0 radical (unpaired) electrons. The quantitative estimate of drug-likeness (QED) is 0.231. The van der Waals surface area contributed by atoms with Gasteiger partial charge in [0, 0.05) is 35.8 Å². The van der Waals surface area contributed by atoms with Gasteiger partial charge in [-0.15, -0.1) is 0 Å². The number of likely N-dealkylation sites (tertiary alicyclic amines) is 1. The van der Waals surface area contributed by atoms with E-state index >= 15 is 4.39 Å². The smallest absolute Gasteiger partial charge is 0.264 e. The van der Waals surface area contributed by atoms with Crippen LogP contribution in [-0.2, 0) is 39.9 Å². The maximum absolute atomic E-state index is 15.3. The summed E-state index contributed by atoms with van der Waals surface area (Å²) in [6.07, 6.45) is 3.60. The van der Waals surface area contributed by atoms with Crippen molar-refractivity contribution >= 4 is 32.7 Å². The first kappa shape index (κ1) is 32.0. The zero-order chi connectivity index (χ0) is 33.6. The van der Waals surface area contributed by atoms with E-state index < -0.39 is 21.7 Å². The molecule has 12 nitrogen and oxygen atoms in total. The van der Waals surface area contributed by atoms with Gasteiger partial charge in [0.25, 0.3) is 5.91 Å². The highest BCUT2D eigenvalue weighted by Crippen LogP contribution is 2.59. The van der Waals surface area contributed by atoms with Crippen LogP contribution in [0.4, 0.5) is 10.1 Å². The second-order valence-electron chi connectivity index (χ2n) is 12.7.